The van der Waals surface area contributed by atoms with Gasteiger partial charge in [-0.15, -0.1) is 11.8 Å². The van der Waals surface area contributed by atoms with Crippen LogP contribution in [0.15, 0.2) is 29.2 Å². The van der Waals surface area contributed by atoms with Crippen LogP contribution in [0.2, 0.25) is 0 Å². The molecule has 0 atom stereocenters. The second-order valence-electron chi connectivity index (χ2n) is 5.38. The zero-order chi connectivity index (χ0) is 15.4. The Balaban J connectivity index is 2.65. The van der Waals surface area contributed by atoms with E-state index in [4.69, 9.17) is 0 Å². The Morgan fingerprint density at radius 2 is 1.75 bits per heavy atom. The monoisotopic (exact) mass is 315 g/mol. The highest BCUT2D eigenvalue weighted by molar-refractivity contribution is 8.01. The number of nitrogens with one attached hydrogen (secondary N) is 1. The van der Waals surface area contributed by atoms with E-state index < -0.39 is 9.84 Å². The van der Waals surface area contributed by atoms with Gasteiger partial charge < -0.3 is 5.32 Å². The maximum absolute atomic E-state index is 11.7. The minimum Gasteiger partial charge on any atom is -0.325 e. The molecule has 0 radical (unpaired) electrons. The summed E-state index contributed by atoms with van der Waals surface area (Å²) in [6.07, 6.45) is 0. The molecular formula is C14H21NO3S2. The van der Waals surface area contributed by atoms with Crippen LogP contribution in [-0.2, 0) is 14.6 Å². The molecule has 0 saturated heterocycles. The molecule has 1 aromatic carbocycles. The van der Waals surface area contributed by atoms with Crippen molar-refractivity contribution in [3.8, 4) is 0 Å². The highest BCUT2D eigenvalue weighted by atomic mass is 32.2. The summed E-state index contributed by atoms with van der Waals surface area (Å²) in [6.45, 7) is 7.76. The van der Waals surface area contributed by atoms with Crippen molar-refractivity contribution in [2.45, 2.75) is 37.3 Å². The maximum atomic E-state index is 11.7. The molecule has 1 rings (SSSR count). The Hall–Kier alpha value is -1.01. The first-order valence-electron chi connectivity index (χ1n) is 6.41. The number of sulfone groups is 1. The van der Waals surface area contributed by atoms with Crippen LogP contribution >= 0.6 is 11.8 Å². The molecule has 0 spiro atoms. The molecule has 4 nitrogen and oxygen atoms in total. The van der Waals surface area contributed by atoms with Crippen molar-refractivity contribution in [2.75, 3.05) is 16.8 Å². The van der Waals surface area contributed by atoms with Crippen molar-refractivity contribution in [1.29, 1.82) is 0 Å². The Morgan fingerprint density at radius 3 is 2.20 bits per heavy atom. The lowest BCUT2D eigenvalue weighted by atomic mass is 10.3. The van der Waals surface area contributed by atoms with Gasteiger partial charge in [-0.25, -0.2) is 8.42 Å². The summed E-state index contributed by atoms with van der Waals surface area (Å²) in [7, 11) is -3.19. The van der Waals surface area contributed by atoms with E-state index in [0.29, 0.717) is 11.4 Å². The van der Waals surface area contributed by atoms with Gasteiger partial charge in [0, 0.05) is 10.4 Å². The topological polar surface area (TPSA) is 63.2 Å². The minimum atomic E-state index is -3.19. The van der Waals surface area contributed by atoms with Crippen molar-refractivity contribution in [2.24, 2.45) is 0 Å². The SMILES string of the molecule is CCS(=O)(=O)c1ccc(NC(=O)CSC(C)(C)C)cc1. The fraction of sp³-hybridized carbons (Fsp3) is 0.500. The first kappa shape index (κ1) is 17.0. The quantitative estimate of drug-likeness (QED) is 0.907. The molecule has 112 valence electrons. The molecule has 0 bridgehead atoms. The smallest absolute Gasteiger partial charge is 0.234 e. The molecule has 0 unspecified atom stereocenters. The lowest BCUT2D eigenvalue weighted by Crippen LogP contribution is -2.18. The van der Waals surface area contributed by atoms with Crippen LogP contribution in [0.4, 0.5) is 5.69 Å². The second kappa shape index (κ2) is 6.63. The highest BCUT2D eigenvalue weighted by Gasteiger charge is 2.14. The van der Waals surface area contributed by atoms with Gasteiger partial charge in [0.25, 0.3) is 0 Å². The molecule has 0 aliphatic heterocycles. The fourth-order valence-corrected chi connectivity index (χ4v) is 2.91. The molecule has 0 fully saturated rings. The molecule has 1 N–H and O–H groups in total. The number of benzene rings is 1. The van der Waals surface area contributed by atoms with Crippen molar-refractivity contribution in [3.63, 3.8) is 0 Å². The normalized spacial score (nSPS) is 12.2. The van der Waals surface area contributed by atoms with E-state index in [2.05, 4.69) is 26.1 Å². The maximum Gasteiger partial charge on any atom is 0.234 e. The van der Waals surface area contributed by atoms with Crippen LogP contribution < -0.4 is 5.32 Å². The molecular weight excluding hydrogens is 294 g/mol. The number of hydrogen-bond acceptors (Lipinski definition) is 4. The number of carbonyl (C=O) groups excluding carboxylic acids is 1. The molecule has 0 aliphatic carbocycles. The lowest BCUT2D eigenvalue weighted by Gasteiger charge is -2.17. The van der Waals surface area contributed by atoms with Gasteiger partial charge in [0.2, 0.25) is 5.91 Å². The third-order valence-electron chi connectivity index (χ3n) is 2.51. The van der Waals surface area contributed by atoms with Crippen LogP contribution in [0.5, 0.6) is 0 Å². The van der Waals surface area contributed by atoms with E-state index in [0.717, 1.165) is 0 Å². The second-order valence-corrected chi connectivity index (χ2v) is 9.46. The molecule has 0 aliphatic rings. The molecule has 1 amide bonds. The number of hydrogen-bond donors (Lipinski definition) is 1. The summed E-state index contributed by atoms with van der Waals surface area (Å²) in [5.41, 5.74) is 0.611. The third-order valence-corrected chi connectivity index (χ3v) is 5.54. The van der Waals surface area contributed by atoms with Gasteiger partial charge in [-0.1, -0.05) is 27.7 Å². The summed E-state index contributed by atoms with van der Waals surface area (Å²) in [6, 6.07) is 6.26. The van der Waals surface area contributed by atoms with Crippen molar-refractivity contribution in [3.05, 3.63) is 24.3 Å². The van der Waals surface area contributed by atoms with Crippen molar-refractivity contribution < 1.29 is 13.2 Å². The Labute approximate surface area is 125 Å². The third kappa shape index (κ3) is 5.54. The zero-order valence-electron chi connectivity index (χ0n) is 12.3. The van der Waals surface area contributed by atoms with Gasteiger partial charge in [-0.05, 0) is 24.3 Å². The number of amides is 1. The summed E-state index contributed by atoms with van der Waals surface area (Å²) in [5.74, 6) is 0.357. The van der Waals surface area contributed by atoms with Gasteiger partial charge in [-0.3, -0.25) is 4.79 Å². The van der Waals surface area contributed by atoms with Gasteiger partial charge in [0.15, 0.2) is 9.84 Å². The summed E-state index contributed by atoms with van der Waals surface area (Å²) >= 11 is 1.56. The number of thioether (sulfide) groups is 1. The van der Waals surface area contributed by atoms with Crippen LogP contribution in [0.25, 0.3) is 0 Å². The summed E-state index contributed by atoms with van der Waals surface area (Å²) in [4.78, 5) is 12.0. The molecule has 1 aromatic rings. The van der Waals surface area contributed by atoms with Crippen LogP contribution in [-0.4, -0.2) is 30.6 Å². The first-order chi connectivity index (χ1) is 9.14. The van der Waals surface area contributed by atoms with E-state index in [1.807, 2.05) is 0 Å². The molecule has 0 saturated carbocycles. The average Bonchev–Trinajstić information content (AvgIpc) is 2.36. The van der Waals surface area contributed by atoms with Gasteiger partial charge in [0.05, 0.1) is 16.4 Å². The number of carbonyl (C=O) groups is 1. The van der Waals surface area contributed by atoms with Gasteiger partial charge in [0.1, 0.15) is 0 Å². The number of anilines is 1. The Kier molecular flexibility index (Phi) is 5.65. The minimum absolute atomic E-state index is 0.0381. The zero-order valence-corrected chi connectivity index (χ0v) is 13.9. The van der Waals surface area contributed by atoms with Crippen LogP contribution in [0.1, 0.15) is 27.7 Å². The standard InChI is InChI=1S/C14H21NO3S2/c1-5-20(17,18)12-8-6-11(7-9-12)15-13(16)10-19-14(2,3)4/h6-9H,5,10H2,1-4H3,(H,15,16). The average molecular weight is 315 g/mol. The van der Waals surface area contributed by atoms with E-state index in [1.165, 1.54) is 12.1 Å². The van der Waals surface area contributed by atoms with Gasteiger partial charge in [-0.2, -0.15) is 0 Å². The molecule has 20 heavy (non-hydrogen) atoms. The summed E-state index contributed by atoms with van der Waals surface area (Å²) < 4.78 is 23.4. The first-order valence-corrected chi connectivity index (χ1v) is 9.04. The molecule has 0 heterocycles. The molecule has 0 aromatic heterocycles. The molecule has 6 heteroatoms. The largest absolute Gasteiger partial charge is 0.325 e. The Bertz CT molecular complexity index is 557. The van der Waals surface area contributed by atoms with E-state index in [-0.39, 0.29) is 21.3 Å². The predicted octanol–water partition coefficient (Wildman–Crippen LogP) is 2.95. The van der Waals surface area contributed by atoms with E-state index >= 15 is 0 Å². The van der Waals surface area contributed by atoms with Crippen LogP contribution in [0.3, 0.4) is 0 Å². The number of rotatable bonds is 5. The van der Waals surface area contributed by atoms with Crippen molar-refractivity contribution >= 4 is 33.2 Å². The lowest BCUT2D eigenvalue weighted by molar-refractivity contribution is -0.113. The van der Waals surface area contributed by atoms with E-state index in [1.54, 1.807) is 30.8 Å². The van der Waals surface area contributed by atoms with Crippen molar-refractivity contribution in [1.82, 2.24) is 0 Å². The van der Waals surface area contributed by atoms with Crippen LogP contribution in [0, 0.1) is 0 Å². The Morgan fingerprint density at radius 1 is 1.20 bits per heavy atom. The summed E-state index contributed by atoms with van der Waals surface area (Å²) in [5, 5.41) is 2.76. The fourth-order valence-electron chi connectivity index (χ4n) is 1.39. The van der Waals surface area contributed by atoms with Gasteiger partial charge >= 0.3 is 0 Å². The predicted molar refractivity (Wildman–Crippen MR) is 85.0 cm³/mol. The highest BCUT2D eigenvalue weighted by Crippen LogP contribution is 2.23. The van der Waals surface area contributed by atoms with E-state index in [9.17, 15) is 13.2 Å².